The molecule has 6 nitrogen and oxygen atoms in total. The van der Waals surface area contributed by atoms with E-state index in [0.29, 0.717) is 23.0 Å². The first-order chi connectivity index (χ1) is 15.7. The number of nitrogens with zero attached hydrogens (tertiary/aromatic N) is 1. The fourth-order valence-electron chi connectivity index (χ4n) is 3.95. The van der Waals surface area contributed by atoms with Gasteiger partial charge in [0, 0.05) is 41.1 Å². The highest BCUT2D eigenvalue weighted by molar-refractivity contribution is 6.08. The molecule has 0 atom stereocenters. The Morgan fingerprint density at radius 1 is 1.00 bits per heavy atom. The van der Waals surface area contributed by atoms with Crippen molar-refractivity contribution in [1.29, 1.82) is 0 Å². The minimum absolute atomic E-state index is 0.00983. The first-order valence-electron chi connectivity index (χ1n) is 10.7. The van der Waals surface area contributed by atoms with Crippen LogP contribution in [0.2, 0.25) is 0 Å². The first kappa shape index (κ1) is 20.1. The topological polar surface area (TPSA) is 72.5 Å². The molecule has 32 heavy (non-hydrogen) atoms. The van der Waals surface area contributed by atoms with Crippen molar-refractivity contribution >= 4 is 39.0 Å². The van der Waals surface area contributed by atoms with Gasteiger partial charge in [-0.2, -0.15) is 0 Å². The van der Waals surface area contributed by atoms with E-state index in [2.05, 4.69) is 21.7 Å². The van der Waals surface area contributed by atoms with Crippen LogP contribution in [-0.4, -0.2) is 31.7 Å². The summed E-state index contributed by atoms with van der Waals surface area (Å²) in [5.41, 5.74) is 3.35. The maximum Gasteiger partial charge on any atom is 0.251 e. The fourth-order valence-corrected chi connectivity index (χ4v) is 3.95. The van der Waals surface area contributed by atoms with Gasteiger partial charge in [-0.1, -0.05) is 18.2 Å². The van der Waals surface area contributed by atoms with Crippen LogP contribution in [0.4, 0.5) is 11.4 Å². The molecule has 1 saturated carbocycles. The maximum absolute atomic E-state index is 12.7. The van der Waals surface area contributed by atoms with Crippen LogP contribution in [0.15, 0.2) is 60.8 Å². The summed E-state index contributed by atoms with van der Waals surface area (Å²) in [6, 6.07) is 17.6. The van der Waals surface area contributed by atoms with Gasteiger partial charge in [-0.15, -0.1) is 0 Å². The molecule has 1 fully saturated rings. The highest BCUT2D eigenvalue weighted by Gasteiger charge is 2.22. The maximum atomic E-state index is 12.7. The van der Waals surface area contributed by atoms with Gasteiger partial charge in [0.05, 0.1) is 19.7 Å². The summed E-state index contributed by atoms with van der Waals surface area (Å²) < 4.78 is 10.9. The lowest BCUT2D eigenvalue weighted by molar-refractivity contribution is 0.0953. The molecule has 0 bridgehead atoms. The number of fused-ring (bicyclic) bond motifs is 2. The van der Waals surface area contributed by atoms with E-state index in [1.54, 1.807) is 20.4 Å². The number of pyridine rings is 1. The zero-order valence-electron chi connectivity index (χ0n) is 18.1. The van der Waals surface area contributed by atoms with Crippen molar-refractivity contribution in [3.05, 3.63) is 66.4 Å². The number of amides is 1. The second kappa shape index (κ2) is 8.38. The number of methoxy groups -OCH3 is 2. The molecule has 2 N–H and O–H groups in total. The molecular weight excluding hydrogens is 402 g/mol. The number of carbonyl (C=O) groups is 1. The van der Waals surface area contributed by atoms with Crippen LogP contribution in [0.3, 0.4) is 0 Å². The van der Waals surface area contributed by atoms with E-state index >= 15 is 0 Å². The molecule has 0 aliphatic heterocycles. The Morgan fingerprint density at radius 3 is 2.59 bits per heavy atom. The molecule has 1 amide bonds. The summed E-state index contributed by atoms with van der Waals surface area (Å²) in [5.74, 6) is 1.93. The quantitative estimate of drug-likeness (QED) is 0.419. The van der Waals surface area contributed by atoms with Crippen molar-refractivity contribution in [2.75, 3.05) is 26.1 Å². The number of ether oxygens (including phenoxy) is 2. The van der Waals surface area contributed by atoms with E-state index in [-0.39, 0.29) is 5.91 Å². The van der Waals surface area contributed by atoms with Gasteiger partial charge in [0.15, 0.2) is 11.5 Å². The first-order valence-corrected chi connectivity index (χ1v) is 10.7. The van der Waals surface area contributed by atoms with Gasteiger partial charge in [-0.05, 0) is 59.9 Å². The Labute approximate surface area is 186 Å². The van der Waals surface area contributed by atoms with Crippen LogP contribution in [0, 0.1) is 5.92 Å². The van der Waals surface area contributed by atoms with Gasteiger partial charge < -0.3 is 20.1 Å². The van der Waals surface area contributed by atoms with Crippen molar-refractivity contribution in [2.24, 2.45) is 5.92 Å². The average Bonchev–Trinajstić information content (AvgIpc) is 3.66. The lowest BCUT2D eigenvalue weighted by Crippen LogP contribution is -2.25. The second-order valence-corrected chi connectivity index (χ2v) is 8.10. The number of benzene rings is 3. The predicted molar refractivity (Wildman–Crippen MR) is 127 cm³/mol. The Kier molecular flexibility index (Phi) is 5.27. The monoisotopic (exact) mass is 427 g/mol. The number of hydrogen-bond acceptors (Lipinski definition) is 5. The highest BCUT2D eigenvalue weighted by atomic mass is 16.5. The third kappa shape index (κ3) is 3.91. The van der Waals surface area contributed by atoms with Crippen LogP contribution >= 0.6 is 0 Å². The van der Waals surface area contributed by atoms with Crippen LogP contribution in [-0.2, 0) is 0 Å². The predicted octanol–water partition coefficient (Wildman–Crippen LogP) is 5.29. The SMILES string of the molecule is COc1cc2nccc(Nc3ccc4c(C(=O)NCC5CC5)cccc4c3)c2cc1OC. The summed E-state index contributed by atoms with van der Waals surface area (Å²) in [6.07, 6.45) is 4.19. The van der Waals surface area contributed by atoms with Gasteiger partial charge in [0.25, 0.3) is 5.91 Å². The summed E-state index contributed by atoms with van der Waals surface area (Å²) in [6.45, 7) is 0.762. The zero-order valence-corrected chi connectivity index (χ0v) is 18.1. The molecule has 1 aliphatic carbocycles. The summed E-state index contributed by atoms with van der Waals surface area (Å²) in [4.78, 5) is 17.1. The zero-order chi connectivity index (χ0) is 22.1. The lowest BCUT2D eigenvalue weighted by Gasteiger charge is -2.14. The van der Waals surface area contributed by atoms with E-state index in [4.69, 9.17) is 9.47 Å². The Balaban J connectivity index is 1.46. The Morgan fingerprint density at radius 2 is 1.81 bits per heavy atom. The molecule has 5 rings (SSSR count). The van der Waals surface area contributed by atoms with Crippen LogP contribution < -0.4 is 20.1 Å². The number of carbonyl (C=O) groups excluding carboxylic acids is 1. The van der Waals surface area contributed by atoms with E-state index in [9.17, 15) is 4.79 Å². The van der Waals surface area contributed by atoms with Crippen LogP contribution in [0.25, 0.3) is 21.7 Å². The number of nitrogens with one attached hydrogen (secondary N) is 2. The fraction of sp³-hybridized carbons (Fsp3) is 0.231. The third-order valence-electron chi connectivity index (χ3n) is 5.90. The summed E-state index contributed by atoms with van der Waals surface area (Å²) in [5, 5.41) is 9.43. The van der Waals surface area contributed by atoms with Gasteiger partial charge in [-0.25, -0.2) is 0 Å². The summed E-state index contributed by atoms with van der Waals surface area (Å²) >= 11 is 0. The molecule has 6 heteroatoms. The minimum atomic E-state index is -0.00983. The van der Waals surface area contributed by atoms with Crippen LogP contribution in [0.5, 0.6) is 11.5 Å². The lowest BCUT2D eigenvalue weighted by atomic mass is 10.0. The number of hydrogen-bond donors (Lipinski definition) is 2. The minimum Gasteiger partial charge on any atom is -0.493 e. The summed E-state index contributed by atoms with van der Waals surface area (Å²) in [7, 11) is 3.23. The van der Waals surface area contributed by atoms with E-state index in [1.165, 1.54) is 12.8 Å². The van der Waals surface area contributed by atoms with E-state index < -0.39 is 0 Å². The average molecular weight is 428 g/mol. The Bertz CT molecular complexity index is 1310. The van der Waals surface area contributed by atoms with Gasteiger partial charge in [0.1, 0.15) is 0 Å². The smallest absolute Gasteiger partial charge is 0.251 e. The molecule has 1 aromatic heterocycles. The highest BCUT2D eigenvalue weighted by Crippen LogP contribution is 2.36. The molecule has 0 radical (unpaired) electrons. The van der Waals surface area contributed by atoms with Crippen molar-refractivity contribution < 1.29 is 14.3 Å². The normalized spacial score (nSPS) is 13.2. The Hall–Kier alpha value is -3.80. The molecular formula is C26H25N3O3. The number of anilines is 2. The third-order valence-corrected chi connectivity index (χ3v) is 5.90. The largest absolute Gasteiger partial charge is 0.493 e. The molecule has 3 aromatic carbocycles. The van der Waals surface area contributed by atoms with Crippen molar-refractivity contribution in [3.63, 3.8) is 0 Å². The molecule has 1 aliphatic rings. The van der Waals surface area contributed by atoms with Gasteiger partial charge in [-0.3, -0.25) is 9.78 Å². The standard InChI is InChI=1S/C26H25N3O3/c1-31-24-13-21-22(10-11-27-23(21)14-25(24)32-2)29-18-8-9-19-17(12-18)4-3-5-20(19)26(30)28-15-16-6-7-16/h3-5,8-14,16H,6-7,15H2,1-2H3,(H,27,29)(H,28,30). The molecule has 162 valence electrons. The van der Waals surface area contributed by atoms with Crippen molar-refractivity contribution in [3.8, 4) is 11.5 Å². The van der Waals surface area contributed by atoms with Crippen molar-refractivity contribution in [1.82, 2.24) is 10.3 Å². The number of rotatable bonds is 7. The molecule has 0 unspecified atom stereocenters. The second-order valence-electron chi connectivity index (χ2n) is 8.10. The van der Waals surface area contributed by atoms with Gasteiger partial charge >= 0.3 is 0 Å². The molecule has 0 spiro atoms. The van der Waals surface area contributed by atoms with E-state index in [1.807, 2.05) is 48.5 Å². The van der Waals surface area contributed by atoms with E-state index in [0.717, 1.165) is 39.6 Å². The molecule has 0 saturated heterocycles. The molecule has 4 aromatic rings. The van der Waals surface area contributed by atoms with Gasteiger partial charge in [0.2, 0.25) is 0 Å². The molecule has 1 heterocycles. The van der Waals surface area contributed by atoms with Crippen molar-refractivity contribution in [2.45, 2.75) is 12.8 Å². The number of aromatic nitrogens is 1. The van der Waals surface area contributed by atoms with Crippen LogP contribution in [0.1, 0.15) is 23.2 Å².